The van der Waals surface area contributed by atoms with Gasteiger partial charge < -0.3 is 5.32 Å². The molecule has 0 radical (unpaired) electrons. The zero-order valence-electron chi connectivity index (χ0n) is 17.1. The summed E-state index contributed by atoms with van der Waals surface area (Å²) in [6, 6.07) is 19.3. The van der Waals surface area contributed by atoms with Gasteiger partial charge in [-0.1, -0.05) is 64.8 Å². The van der Waals surface area contributed by atoms with Crippen LogP contribution in [0.2, 0.25) is 5.02 Å². The number of carbonyl (C=O) groups is 2. The molecule has 0 bridgehead atoms. The number of benzene rings is 3. The van der Waals surface area contributed by atoms with Gasteiger partial charge in [0.15, 0.2) is 5.78 Å². The van der Waals surface area contributed by atoms with Gasteiger partial charge in [0.1, 0.15) is 0 Å². The van der Waals surface area contributed by atoms with E-state index in [-0.39, 0.29) is 28.5 Å². The second-order valence-electron chi connectivity index (χ2n) is 6.82. The average molecular weight is 536 g/mol. The molecule has 0 aliphatic carbocycles. The standard InChI is InChI=1S/C23H20BrClN2O4S/c1-2-27(32(30,31)19-11-8-17(24)9-12-19)15-22(28)26-21-13-10-18(25)14-20(21)23(29)16-6-4-3-5-7-16/h3-14H,2,15H2,1H3,(H,26,28). The van der Waals surface area contributed by atoms with Gasteiger partial charge in [-0.15, -0.1) is 0 Å². The topological polar surface area (TPSA) is 83.6 Å². The van der Waals surface area contributed by atoms with Crippen molar-refractivity contribution in [3.05, 3.63) is 93.4 Å². The number of sulfonamides is 1. The average Bonchev–Trinajstić information content (AvgIpc) is 2.79. The number of nitrogens with one attached hydrogen (secondary N) is 1. The van der Waals surface area contributed by atoms with Crippen LogP contribution in [-0.4, -0.2) is 37.5 Å². The number of hydrogen-bond donors (Lipinski definition) is 1. The van der Waals surface area contributed by atoms with Crippen LogP contribution in [0.4, 0.5) is 5.69 Å². The Hall–Kier alpha value is -2.52. The maximum Gasteiger partial charge on any atom is 0.243 e. The third-order valence-corrected chi connectivity index (χ3v) is 7.36. The smallest absolute Gasteiger partial charge is 0.243 e. The van der Waals surface area contributed by atoms with Crippen molar-refractivity contribution in [2.24, 2.45) is 0 Å². The van der Waals surface area contributed by atoms with Crippen molar-refractivity contribution in [3.63, 3.8) is 0 Å². The van der Waals surface area contributed by atoms with Crippen LogP contribution >= 0.6 is 27.5 Å². The molecule has 0 spiro atoms. The number of hydrogen-bond acceptors (Lipinski definition) is 4. The number of anilines is 1. The molecule has 0 atom stereocenters. The fourth-order valence-electron chi connectivity index (χ4n) is 3.03. The fraction of sp³-hybridized carbons (Fsp3) is 0.130. The lowest BCUT2D eigenvalue weighted by molar-refractivity contribution is -0.116. The van der Waals surface area contributed by atoms with Gasteiger partial charge in [-0.3, -0.25) is 9.59 Å². The molecule has 3 rings (SSSR count). The van der Waals surface area contributed by atoms with Crippen molar-refractivity contribution in [1.82, 2.24) is 4.31 Å². The van der Waals surface area contributed by atoms with Crippen LogP contribution in [0.25, 0.3) is 0 Å². The molecule has 1 N–H and O–H groups in total. The van der Waals surface area contributed by atoms with Gasteiger partial charge in [-0.05, 0) is 42.5 Å². The van der Waals surface area contributed by atoms with Gasteiger partial charge >= 0.3 is 0 Å². The first-order valence-corrected chi connectivity index (χ1v) is 12.3. The summed E-state index contributed by atoms with van der Waals surface area (Å²) in [5.74, 6) is -0.879. The number of nitrogens with zero attached hydrogens (tertiary/aromatic N) is 1. The van der Waals surface area contributed by atoms with Gasteiger partial charge in [0, 0.05) is 27.2 Å². The highest BCUT2D eigenvalue weighted by Gasteiger charge is 2.26. The summed E-state index contributed by atoms with van der Waals surface area (Å²) in [6.45, 7) is 1.34. The van der Waals surface area contributed by atoms with E-state index in [2.05, 4.69) is 21.2 Å². The number of carbonyl (C=O) groups excluding carboxylic acids is 2. The van der Waals surface area contributed by atoms with E-state index in [1.54, 1.807) is 55.5 Å². The van der Waals surface area contributed by atoms with Crippen molar-refractivity contribution in [2.75, 3.05) is 18.4 Å². The van der Waals surface area contributed by atoms with Gasteiger partial charge in [0.25, 0.3) is 0 Å². The second kappa shape index (κ2) is 10.4. The Morgan fingerprint density at radius 3 is 2.28 bits per heavy atom. The van der Waals surface area contributed by atoms with Crippen LogP contribution in [0.15, 0.2) is 82.2 Å². The normalized spacial score (nSPS) is 11.4. The summed E-state index contributed by atoms with van der Waals surface area (Å²) >= 11 is 9.35. The molecule has 0 heterocycles. The molecule has 1 amide bonds. The predicted molar refractivity (Wildman–Crippen MR) is 129 cm³/mol. The molecule has 32 heavy (non-hydrogen) atoms. The highest BCUT2D eigenvalue weighted by atomic mass is 79.9. The first kappa shape index (κ1) is 24.1. The van der Waals surface area contributed by atoms with Crippen LogP contribution in [0.1, 0.15) is 22.8 Å². The Morgan fingerprint density at radius 2 is 1.66 bits per heavy atom. The highest BCUT2D eigenvalue weighted by molar-refractivity contribution is 9.10. The molecule has 3 aromatic carbocycles. The summed E-state index contributed by atoms with van der Waals surface area (Å²) in [5, 5.41) is 3.00. The van der Waals surface area contributed by atoms with E-state index in [0.717, 1.165) is 8.78 Å². The van der Waals surface area contributed by atoms with Crippen molar-refractivity contribution in [3.8, 4) is 0 Å². The lowest BCUT2D eigenvalue weighted by Gasteiger charge is -2.20. The van der Waals surface area contributed by atoms with Crippen LogP contribution in [0.3, 0.4) is 0 Å². The van der Waals surface area contributed by atoms with Crippen LogP contribution in [-0.2, 0) is 14.8 Å². The number of likely N-dealkylation sites (N-methyl/N-ethyl adjacent to an activating group) is 1. The van der Waals surface area contributed by atoms with Gasteiger partial charge in [0.05, 0.1) is 17.1 Å². The monoisotopic (exact) mass is 534 g/mol. The lowest BCUT2D eigenvalue weighted by Crippen LogP contribution is -2.38. The predicted octanol–water partition coefficient (Wildman–Crippen LogP) is 4.98. The Morgan fingerprint density at radius 1 is 1.00 bits per heavy atom. The minimum absolute atomic E-state index is 0.0850. The highest BCUT2D eigenvalue weighted by Crippen LogP contribution is 2.24. The first-order valence-electron chi connectivity index (χ1n) is 9.67. The van der Waals surface area contributed by atoms with Crippen LogP contribution in [0.5, 0.6) is 0 Å². The molecule has 0 aromatic heterocycles. The van der Waals surface area contributed by atoms with Crippen molar-refractivity contribution < 1.29 is 18.0 Å². The maximum atomic E-state index is 12.9. The zero-order valence-corrected chi connectivity index (χ0v) is 20.2. The summed E-state index contributed by atoms with van der Waals surface area (Å²) in [6.07, 6.45) is 0. The molecular weight excluding hydrogens is 516 g/mol. The molecule has 0 saturated heterocycles. The first-order chi connectivity index (χ1) is 15.2. The summed E-state index contributed by atoms with van der Waals surface area (Å²) < 4.78 is 27.7. The van der Waals surface area contributed by atoms with E-state index < -0.39 is 22.5 Å². The van der Waals surface area contributed by atoms with E-state index in [1.165, 1.54) is 24.3 Å². The van der Waals surface area contributed by atoms with Crippen molar-refractivity contribution in [2.45, 2.75) is 11.8 Å². The zero-order chi connectivity index (χ0) is 23.3. The summed E-state index contributed by atoms with van der Waals surface area (Å²) in [4.78, 5) is 25.8. The summed E-state index contributed by atoms with van der Waals surface area (Å²) in [5.41, 5.74) is 0.916. The third-order valence-electron chi connectivity index (χ3n) is 4.66. The Labute approximate surface area is 200 Å². The molecule has 0 unspecified atom stereocenters. The van der Waals surface area contributed by atoms with Crippen LogP contribution in [0, 0.1) is 0 Å². The molecule has 0 fully saturated rings. The summed E-state index contributed by atoms with van der Waals surface area (Å²) in [7, 11) is -3.87. The minimum atomic E-state index is -3.87. The largest absolute Gasteiger partial charge is 0.324 e. The van der Waals surface area contributed by atoms with Gasteiger partial charge in [0.2, 0.25) is 15.9 Å². The van der Waals surface area contributed by atoms with Crippen LogP contribution < -0.4 is 5.32 Å². The molecule has 0 aliphatic heterocycles. The fourth-order valence-corrected chi connectivity index (χ4v) is 4.87. The molecule has 0 aliphatic rings. The van der Waals surface area contributed by atoms with Gasteiger partial charge in [-0.25, -0.2) is 8.42 Å². The molecule has 3 aromatic rings. The Balaban J connectivity index is 1.82. The van der Waals surface area contributed by atoms with Crippen molar-refractivity contribution in [1.29, 1.82) is 0 Å². The van der Waals surface area contributed by atoms with Gasteiger partial charge in [-0.2, -0.15) is 4.31 Å². The quantitative estimate of drug-likeness (QED) is 0.412. The number of ketones is 1. The van der Waals surface area contributed by atoms with E-state index in [0.29, 0.717) is 10.6 Å². The Kier molecular flexibility index (Phi) is 7.84. The van der Waals surface area contributed by atoms with E-state index in [1.807, 2.05) is 0 Å². The molecule has 166 valence electrons. The lowest BCUT2D eigenvalue weighted by atomic mass is 10.0. The van der Waals surface area contributed by atoms with E-state index in [9.17, 15) is 18.0 Å². The SMILES string of the molecule is CCN(CC(=O)Nc1ccc(Cl)cc1C(=O)c1ccccc1)S(=O)(=O)c1ccc(Br)cc1. The molecule has 9 heteroatoms. The number of rotatable bonds is 8. The minimum Gasteiger partial charge on any atom is -0.324 e. The number of halogens is 2. The molecular formula is C23H20BrClN2O4S. The maximum absolute atomic E-state index is 12.9. The number of amides is 1. The third kappa shape index (κ3) is 5.63. The molecule has 6 nitrogen and oxygen atoms in total. The van der Waals surface area contributed by atoms with E-state index >= 15 is 0 Å². The molecule has 0 saturated carbocycles. The second-order valence-corrected chi connectivity index (χ2v) is 10.1. The van der Waals surface area contributed by atoms with Crippen molar-refractivity contribution >= 4 is 54.9 Å². The van der Waals surface area contributed by atoms with E-state index in [4.69, 9.17) is 11.6 Å². The Bertz CT molecular complexity index is 1230.